The van der Waals surface area contributed by atoms with E-state index in [4.69, 9.17) is 4.74 Å². The molecule has 0 aliphatic rings. The lowest BCUT2D eigenvalue weighted by Gasteiger charge is -2.32. The van der Waals surface area contributed by atoms with Crippen LogP contribution in [0.5, 0.6) is 5.75 Å². The van der Waals surface area contributed by atoms with Crippen molar-refractivity contribution in [3.63, 3.8) is 0 Å². The summed E-state index contributed by atoms with van der Waals surface area (Å²) in [6.45, 7) is 2.68. The third-order valence-corrected chi connectivity index (χ3v) is 3.69. The van der Waals surface area contributed by atoms with E-state index in [0.29, 0.717) is 22.1 Å². The Balaban J connectivity index is 2.60. The first-order chi connectivity index (χ1) is 11.1. The van der Waals surface area contributed by atoms with E-state index in [1.165, 1.54) is 21.0 Å². The number of halogens is 3. The lowest BCUT2D eigenvalue weighted by molar-refractivity contribution is -0.176. The highest BCUT2D eigenvalue weighted by Crippen LogP contribution is 2.36. The van der Waals surface area contributed by atoms with Crippen molar-refractivity contribution < 1.29 is 27.8 Å². The molecule has 0 aliphatic heterocycles. The largest absolute Gasteiger partial charge is 0.496 e. The predicted octanol–water partition coefficient (Wildman–Crippen LogP) is 3.34. The number of ether oxygens (including phenoxy) is 1. The van der Waals surface area contributed by atoms with Gasteiger partial charge in [0, 0.05) is 5.39 Å². The number of nitrogens with one attached hydrogen (secondary N) is 1. The molecule has 1 amide bonds. The second kappa shape index (κ2) is 6.32. The average Bonchev–Trinajstić information content (AvgIpc) is 2.49. The minimum absolute atomic E-state index is 0.372. The smallest absolute Gasteiger partial charge is 0.471 e. The zero-order valence-corrected chi connectivity index (χ0v) is 13.4. The van der Waals surface area contributed by atoms with Crippen LogP contribution < -0.4 is 10.1 Å². The van der Waals surface area contributed by atoms with Gasteiger partial charge in [-0.3, -0.25) is 4.79 Å². The van der Waals surface area contributed by atoms with E-state index in [0.717, 1.165) is 0 Å². The van der Waals surface area contributed by atoms with E-state index < -0.39 is 23.7 Å². The molecule has 0 aromatic heterocycles. The summed E-state index contributed by atoms with van der Waals surface area (Å²) < 4.78 is 43.2. The van der Waals surface area contributed by atoms with Gasteiger partial charge in [-0.25, -0.2) is 0 Å². The van der Waals surface area contributed by atoms with Crippen LogP contribution >= 0.6 is 0 Å². The van der Waals surface area contributed by atoms with Crippen LogP contribution in [0.2, 0.25) is 0 Å². The molecule has 2 N–H and O–H groups in total. The second-order valence-corrected chi connectivity index (χ2v) is 5.96. The first kappa shape index (κ1) is 18.1. The number of benzene rings is 2. The molecule has 1 atom stereocenters. The molecule has 0 aliphatic carbocycles. The lowest BCUT2D eigenvalue weighted by atomic mass is 9.88. The zero-order chi connectivity index (χ0) is 18.1. The lowest BCUT2D eigenvalue weighted by Crippen LogP contribution is -2.47. The molecule has 7 heteroatoms. The molecule has 130 valence electrons. The van der Waals surface area contributed by atoms with Crippen LogP contribution in [0.1, 0.15) is 25.5 Å². The number of carbonyl (C=O) groups is 1. The summed E-state index contributed by atoms with van der Waals surface area (Å²) in [5.74, 6) is -1.56. The number of amides is 1. The molecule has 2 rings (SSSR count). The van der Waals surface area contributed by atoms with E-state index in [2.05, 4.69) is 0 Å². The Morgan fingerprint density at radius 1 is 1.12 bits per heavy atom. The van der Waals surface area contributed by atoms with E-state index >= 15 is 0 Å². The molecule has 0 saturated carbocycles. The van der Waals surface area contributed by atoms with E-state index in [9.17, 15) is 23.1 Å². The normalized spacial score (nSPS) is 13.6. The highest BCUT2D eigenvalue weighted by molar-refractivity contribution is 5.92. The highest BCUT2D eigenvalue weighted by atomic mass is 19.4. The first-order valence-corrected chi connectivity index (χ1v) is 7.21. The molecular weight excluding hydrogens is 323 g/mol. The summed E-state index contributed by atoms with van der Waals surface area (Å²) in [4.78, 5) is 11.4. The number of aliphatic hydroxyl groups is 1. The highest BCUT2D eigenvalue weighted by Gasteiger charge is 2.42. The van der Waals surface area contributed by atoms with Crippen LogP contribution in [0.25, 0.3) is 10.8 Å². The van der Waals surface area contributed by atoms with Crippen LogP contribution in [0.3, 0.4) is 0 Å². The molecule has 0 spiro atoms. The Hall–Kier alpha value is -2.28. The number of hydrogen-bond donors (Lipinski definition) is 2. The minimum atomic E-state index is -5.04. The van der Waals surface area contributed by atoms with E-state index in [1.54, 1.807) is 36.4 Å². The predicted molar refractivity (Wildman–Crippen MR) is 83.7 cm³/mol. The molecule has 24 heavy (non-hydrogen) atoms. The number of alkyl halides is 3. The standard InChI is InChI=1S/C17H18F3NO3/c1-16(2,23)14(21-15(22)17(18,19)20)12-8-9-13(24-3)11-7-5-4-6-10(11)12/h4-9,14,23H,1-3H3,(H,21,22). The number of fused-ring (bicyclic) bond motifs is 1. The molecule has 0 heterocycles. The van der Waals surface area contributed by atoms with Crippen molar-refractivity contribution in [1.82, 2.24) is 5.32 Å². The Morgan fingerprint density at radius 2 is 1.71 bits per heavy atom. The van der Waals surface area contributed by atoms with E-state index in [-0.39, 0.29) is 0 Å². The number of methoxy groups -OCH3 is 1. The maximum Gasteiger partial charge on any atom is 0.471 e. The maximum absolute atomic E-state index is 12.6. The van der Waals surface area contributed by atoms with Gasteiger partial charge in [-0.05, 0) is 30.9 Å². The van der Waals surface area contributed by atoms with Gasteiger partial charge in [-0.1, -0.05) is 30.3 Å². The van der Waals surface area contributed by atoms with Crippen LogP contribution in [0, 0.1) is 0 Å². The fourth-order valence-corrected chi connectivity index (χ4v) is 2.57. The van der Waals surface area contributed by atoms with Crippen molar-refractivity contribution in [3.05, 3.63) is 42.0 Å². The van der Waals surface area contributed by atoms with Gasteiger partial charge in [-0.2, -0.15) is 13.2 Å². The summed E-state index contributed by atoms with van der Waals surface area (Å²) in [6.07, 6.45) is -5.04. The Kier molecular flexibility index (Phi) is 4.75. The van der Waals surface area contributed by atoms with Gasteiger partial charge in [0.1, 0.15) is 5.75 Å². The molecule has 2 aromatic carbocycles. The molecule has 0 fully saturated rings. The van der Waals surface area contributed by atoms with Gasteiger partial charge in [-0.15, -0.1) is 0 Å². The topological polar surface area (TPSA) is 58.6 Å². The molecule has 0 radical (unpaired) electrons. The third kappa shape index (κ3) is 3.62. The fourth-order valence-electron chi connectivity index (χ4n) is 2.57. The van der Waals surface area contributed by atoms with Crippen LogP contribution in [-0.4, -0.2) is 29.9 Å². The molecule has 4 nitrogen and oxygen atoms in total. The molecular formula is C17H18F3NO3. The van der Waals surface area contributed by atoms with Crippen molar-refractivity contribution in [3.8, 4) is 5.75 Å². The van der Waals surface area contributed by atoms with Gasteiger partial charge >= 0.3 is 12.1 Å². The monoisotopic (exact) mass is 341 g/mol. The van der Waals surface area contributed by atoms with Crippen molar-refractivity contribution in [2.75, 3.05) is 7.11 Å². The summed E-state index contributed by atoms with van der Waals surface area (Å²) >= 11 is 0. The van der Waals surface area contributed by atoms with Crippen LogP contribution in [-0.2, 0) is 4.79 Å². The minimum Gasteiger partial charge on any atom is -0.496 e. The van der Waals surface area contributed by atoms with Gasteiger partial charge < -0.3 is 15.2 Å². The van der Waals surface area contributed by atoms with Crippen molar-refractivity contribution >= 4 is 16.7 Å². The summed E-state index contributed by atoms with van der Waals surface area (Å²) in [5, 5.41) is 13.5. The second-order valence-electron chi connectivity index (χ2n) is 5.96. The van der Waals surface area contributed by atoms with Gasteiger partial charge in [0.15, 0.2) is 0 Å². The van der Waals surface area contributed by atoms with Crippen LogP contribution in [0.15, 0.2) is 36.4 Å². The van der Waals surface area contributed by atoms with Crippen molar-refractivity contribution in [1.29, 1.82) is 0 Å². The van der Waals surface area contributed by atoms with E-state index in [1.807, 2.05) is 5.32 Å². The maximum atomic E-state index is 12.6. The first-order valence-electron chi connectivity index (χ1n) is 7.21. The average molecular weight is 341 g/mol. The van der Waals surface area contributed by atoms with Crippen molar-refractivity contribution in [2.24, 2.45) is 0 Å². The fraction of sp³-hybridized carbons (Fsp3) is 0.353. The summed E-state index contributed by atoms with van der Waals surface area (Å²) in [7, 11) is 1.49. The van der Waals surface area contributed by atoms with Gasteiger partial charge in [0.25, 0.3) is 0 Å². The Bertz CT molecular complexity index is 751. The van der Waals surface area contributed by atoms with Crippen molar-refractivity contribution in [2.45, 2.75) is 31.7 Å². The SMILES string of the molecule is COc1ccc(C(NC(=O)C(F)(F)F)C(C)(C)O)c2ccccc12. The molecule has 0 bridgehead atoms. The Labute approximate surface area is 137 Å². The van der Waals surface area contributed by atoms with Crippen LogP contribution in [0.4, 0.5) is 13.2 Å². The Morgan fingerprint density at radius 3 is 2.21 bits per heavy atom. The summed E-state index contributed by atoms with van der Waals surface area (Å²) in [6, 6.07) is 8.83. The van der Waals surface area contributed by atoms with Gasteiger partial charge in [0.2, 0.25) is 0 Å². The zero-order valence-electron chi connectivity index (χ0n) is 13.4. The number of hydrogen-bond acceptors (Lipinski definition) is 3. The quantitative estimate of drug-likeness (QED) is 0.897. The molecule has 2 aromatic rings. The third-order valence-electron chi connectivity index (χ3n) is 3.69. The number of carbonyl (C=O) groups excluding carboxylic acids is 1. The number of rotatable bonds is 4. The molecule has 1 unspecified atom stereocenters. The summed E-state index contributed by atoms with van der Waals surface area (Å²) in [5.41, 5.74) is -1.24. The van der Waals surface area contributed by atoms with Gasteiger partial charge in [0.05, 0.1) is 18.8 Å². The molecule has 0 saturated heterocycles.